The smallest absolute Gasteiger partial charge is 0.271 e. The number of fused-ring (bicyclic) bond motifs is 3. The van der Waals surface area contributed by atoms with Crippen LogP contribution in [0.4, 0.5) is 17.3 Å². The van der Waals surface area contributed by atoms with E-state index in [-0.39, 0.29) is 5.69 Å². The van der Waals surface area contributed by atoms with Crippen molar-refractivity contribution in [3.63, 3.8) is 0 Å². The second kappa shape index (κ2) is 5.88. The summed E-state index contributed by atoms with van der Waals surface area (Å²) >= 11 is 1.57. The first-order valence-electron chi connectivity index (χ1n) is 7.97. The lowest BCUT2D eigenvalue weighted by atomic mass is 10.2. The molecule has 0 saturated carbocycles. The van der Waals surface area contributed by atoms with Gasteiger partial charge in [0.2, 0.25) is 5.95 Å². The maximum absolute atomic E-state index is 10.9. The van der Waals surface area contributed by atoms with E-state index in [2.05, 4.69) is 25.4 Å². The minimum absolute atomic E-state index is 0.0106. The number of thiazole rings is 1. The first-order chi connectivity index (χ1) is 13.2. The van der Waals surface area contributed by atoms with Gasteiger partial charge in [-0.05, 0) is 24.3 Å². The van der Waals surface area contributed by atoms with Gasteiger partial charge < -0.3 is 5.32 Å². The first kappa shape index (κ1) is 15.5. The van der Waals surface area contributed by atoms with Crippen molar-refractivity contribution in [1.29, 1.82) is 0 Å². The Kier molecular flexibility index (Phi) is 3.37. The minimum Gasteiger partial charge on any atom is -0.324 e. The summed E-state index contributed by atoms with van der Waals surface area (Å²) in [5.41, 5.74) is 3.27. The van der Waals surface area contributed by atoms with Crippen LogP contribution in [0.5, 0.6) is 0 Å². The van der Waals surface area contributed by atoms with Gasteiger partial charge in [0.05, 0.1) is 16.0 Å². The van der Waals surface area contributed by atoms with Gasteiger partial charge >= 0.3 is 0 Å². The minimum atomic E-state index is -0.437. The van der Waals surface area contributed by atoms with Crippen molar-refractivity contribution in [2.24, 2.45) is 0 Å². The highest BCUT2D eigenvalue weighted by molar-refractivity contribution is 7.13. The predicted octanol–water partition coefficient (Wildman–Crippen LogP) is 3.99. The molecule has 3 aromatic heterocycles. The molecule has 0 radical (unpaired) electrons. The van der Waals surface area contributed by atoms with Gasteiger partial charge in [-0.2, -0.15) is 4.98 Å². The molecule has 10 heteroatoms. The van der Waals surface area contributed by atoms with Gasteiger partial charge in [0.1, 0.15) is 5.01 Å². The second-order valence-corrected chi connectivity index (χ2v) is 6.69. The van der Waals surface area contributed by atoms with Crippen LogP contribution < -0.4 is 5.32 Å². The molecule has 2 aromatic carbocycles. The molecule has 5 aromatic rings. The lowest BCUT2D eigenvalue weighted by molar-refractivity contribution is -0.384. The van der Waals surface area contributed by atoms with Gasteiger partial charge in [-0.25, -0.2) is 14.5 Å². The molecule has 0 amide bonds. The molecule has 3 heterocycles. The maximum Gasteiger partial charge on any atom is 0.271 e. The van der Waals surface area contributed by atoms with Crippen LogP contribution in [-0.4, -0.2) is 29.5 Å². The van der Waals surface area contributed by atoms with E-state index < -0.39 is 4.92 Å². The van der Waals surface area contributed by atoms with Gasteiger partial charge in [-0.15, -0.1) is 11.3 Å². The molecule has 0 fully saturated rings. The van der Waals surface area contributed by atoms with E-state index >= 15 is 0 Å². The Hall–Kier alpha value is -3.79. The quantitative estimate of drug-likeness (QED) is 0.362. The largest absolute Gasteiger partial charge is 0.324 e. The summed E-state index contributed by atoms with van der Waals surface area (Å²) in [6.45, 7) is 0. The Labute approximate surface area is 155 Å². The zero-order valence-corrected chi connectivity index (χ0v) is 14.5. The summed E-state index contributed by atoms with van der Waals surface area (Å²) in [6, 6.07) is 12.2. The van der Waals surface area contributed by atoms with Crippen LogP contribution in [0.25, 0.3) is 27.4 Å². The molecule has 5 rings (SSSR count). The molecule has 0 spiro atoms. The fraction of sp³-hybridized carbons (Fsp3) is 0. The van der Waals surface area contributed by atoms with Crippen LogP contribution in [0.2, 0.25) is 0 Å². The van der Waals surface area contributed by atoms with Crippen molar-refractivity contribution in [2.75, 3.05) is 5.32 Å². The Morgan fingerprint density at radius 3 is 2.93 bits per heavy atom. The fourth-order valence-corrected chi connectivity index (χ4v) is 3.51. The van der Waals surface area contributed by atoms with E-state index in [0.29, 0.717) is 17.4 Å². The lowest BCUT2D eigenvalue weighted by Crippen LogP contribution is -1.95. The highest BCUT2D eigenvalue weighted by Crippen LogP contribution is 2.27. The average Bonchev–Trinajstić information content (AvgIpc) is 3.37. The standard InChI is InChI=1S/C17H11N7O2S/c25-24(26)12-3-1-2-11(9-12)19-16-21-17-20-13-8-10(15-18-6-7-27-15)4-5-14(13)23(17)22-16/h1-9H,(H2,19,20,21,22). The van der Waals surface area contributed by atoms with Crippen molar-refractivity contribution in [3.8, 4) is 10.6 Å². The highest BCUT2D eigenvalue weighted by Gasteiger charge is 2.12. The molecule has 0 aliphatic heterocycles. The molecule has 2 N–H and O–H groups in total. The Morgan fingerprint density at radius 1 is 1.19 bits per heavy atom. The number of nitro benzene ring substituents is 1. The van der Waals surface area contributed by atoms with E-state index in [1.807, 2.05) is 23.6 Å². The van der Waals surface area contributed by atoms with Crippen LogP contribution in [0.3, 0.4) is 0 Å². The van der Waals surface area contributed by atoms with E-state index in [0.717, 1.165) is 21.6 Å². The summed E-state index contributed by atoms with van der Waals surface area (Å²) in [4.78, 5) is 23.7. The number of rotatable bonds is 4. The number of benzene rings is 2. The molecule has 0 aliphatic carbocycles. The number of nitrogens with zero attached hydrogens (tertiary/aromatic N) is 5. The molecule has 0 saturated heterocycles. The van der Waals surface area contributed by atoms with Gasteiger partial charge in [-0.1, -0.05) is 6.07 Å². The molecular weight excluding hydrogens is 366 g/mol. The third-order valence-corrected chi connectivity index (χ3v) is 4.89. The number of anilines is 2. The summed E-state index contributed by atoms with van der Waals surface area (Å²) in [7, 11) is 0. The Bertz CT molecular complexity index is 1290. The van der Waals surface area contributed by atoms with E-state index in [4.69, 9.17) is 0 Å². The third kappa shape index (κ3) is 2.68. The van der Waals surface area contributed by atoms with E-state index in [9.17, 15) is 10.1 Å². The van der Waals surface area contributed by atoms with Crippen molar-refractivity contribution in [3.05, 3.63) is 64.2 Å². The van der Waals surface area contributed by atoms with Gasteiger partial charge in [-0.3, -0.25) is 15.2 Å². The number of non-ortho nitro benzene ring substituents is 1. The topological polar surface area (TPSA) is 114 Å². The number of hydrogen-bond acceptors (Lipinski definition) is 7. The molecule has 0 aliphatic rings. The van der Waals surface area contributed by atoms with Crippen molar-refractivity contribution in [2.45, 2.75) is 0 Å². The summed E-state index contributed by atoms with van der Waals surface area (Å²) in [6.07, 6.45) is 1.77. The molecule has 9 nitrogen and oxygen atoms in total. The monoisotopic (exact) mass is 377 g/mol. The highest BCUT2D eigenvalue weighted by atomic mass is 32.1. The van der Waals surface area contributed by atoms with Gasteiger partial charge in [0.25, 0.3) is 11.5 Å². The van der Waals surface area contributed by atoms with Crippen LogP contribution in [0.1, 0.15) is 0 Å². The number of aromatic nitrogens is 5. The van der Waals surface area contributed by atoms with E-state index in [1.165, 1.54) is 12.1 Å². The number of hydrogen-bond donors (Lipinski definition) is 2. The Balaban J connectivity index is 1.51. The molecule has 0 bridgehead atoms. The second-order valence-electron chi connectivity index (χ2n) is 5.79. The van der Waals surface area contributed by atoms with Crippen LogP contribution >= 0.6 is 11.3 Å². The molecule has 132 valence electrons. The average molecular weight is 377 g/mol. The fourth-order valence-electron chi connectivity index (χ4n) is 2.87. The number of imidazole rings is 1. The Morgan fingerprint density at radius 2 is 2.11 bits per heavy atom. The predicted molar refractivity (Wildman–Crippen MR) is 102 cm³/mol. The number of aromatic amines is 1. The van der Waals surface area contributed by atoms with Crippen molar-refractivity contribution < 1.29 is 4.92 Å². The van der Waals surface area contributed by atoms with Crippen LogP contribution in [0, 0.1) is 10.1 Å². The number of nitrogens with one attached hydrogen (secondary N) is 2. The maximum atomic E-state index is 10.9. The zero-order chi connectivity index (χ0) is 18.4. The third-order valence-electron chi connectivity index (χ3n) is 4.07. The number of H-pyrrole nitrogens is 1. The summed E-state index contributed by atoms with van der Waals surface area (Å²) in [5, 5.41) is 19.9. The van der Waals surface area contributed by atoms with Crippen LogP contribution in [-0.2, 0) is 0 Å². The summed E-state index contributed by atoms with van der Waals surface area (Å²) in [5.74, 6) is 0.957. The number of nitro groups is 1. The normalized spacial score (nSPS) is 11.3. The lowest BCUT2D eigenvalue weighted by Gasteiger charge is -2.02. The molecular formula is C17H11N7O2S. The zero-order valence-electron chi connectivity index (χ0n) is 13.7. The van der Waals surface area contributed by atoms with Gasteiger partial charge in [0.15, 0.2) is 0 Å². The SMILES string of the molecule is O=[N+]([O-])c1cccc(Nc2nc3nc4cc(-c5nccs5)ccc4n3[nH]2)c1. The molecule has 0 atom stereocenters. The molecule has 27 heavy (non-hydrogen) atoms. The van der Waals surface area contributed by atoms with Gasteiger partial charge in [0, 0.05) is 35.0 Å². The molecule has 0 unspecified atom stereocenters. The first-order valence-corrected chi connectivity index (χ1v) is 8.85. The van der Waals surface area contributed by atoms with E-state index in [1.54, 1.807) is 34.2 Å². The van der Waals surface area contributed by atoms with Crippen molar-refractivity contribution >= 4 is 45.5 Å². The van der Waals surface area contributed by atoms with Crippen molar-refractivity contribution in [1.82, 2.24) is 24.6 Å². The summed E-state index contributed by atoms with van der Waals surface area (Å²) < 4.78 is 1.76. The van der Waals surface area contributed by atoms with Crippen LogP contribution in [0.15, 0.2) is 54.0 Å².